The van der Waals surface area contributed by atoms with Gasteiger partial charge in [-0.15, -0.1) is 0 Å². The van der Waals surface area contributed by atoms with Gasteiger partial charge in [0.25, 0.3) is 0 Å². The third-order valence-corrected chi connectivity index (χ3v) is 3.42. The first-order valence-electron chi connectivity index (χ1n) is 5.56. The van der Waals surface area contributed by atoms with E-state index in [-0.39, 0.29) is 0 Å². The second kappa shape index (κ2) is 4.91. The van der Waals surface area contributed by atoms with Gasteiger partial charge in [0.15, 0.2) is 0 Å². The third-order valence-electron chi connectivity index (χ3n) is 2.92. The van der Waals surface area contributed by atoms with Gasteiger partial charge in [-0.1, -0.05) is 22.9 Å². The Morgan fingerprint density at radius 2 is 2.24 bits per heavy atom. The van der Waals surface area contributed by atoms with Crippen molar-refractivity contribution in [2.75, 3.05) is 6.54 Å². The average Bonchev–Trinajstić information content (AvgIpc) is 2.58. The minimum Gasteiger partial charge on any atom is -0.335 e. The zero-order chi connectivity index (χ0) is 12.4. The number of nitrogens with zero attached hydrogens (tertiary/aromatic N) is 2. The molecule has 4 heteroatoms. The Morgan fingerprint density at radius 1 is 1.47 bits per heavy atom. The summed E-state index contributed by atoms with van der Waals surface area (Å²) in [5, 5.41) is 13.7. The highest BCUT2D eigenvalue weighted by molar-refractivity contribution is 9.10. The van der Waals surface area contributed by atoms with Gasteiger partial charge < -0.3 is 9.88 Å². The van der Waals surface area contributed by atoms with Crippen LogP contribution in [0.4, 0.5) is 0 Å². The maximum Gasteiger partial charge on any atom is 0.125 e. The van der Waals surface area contributed by atoms with Crippen LogP contribution in [0.3, 0.4) is 0 Å². The van der Waals surface area contributed by atoms with Gasteiger partial charge in [-0.3, -0.25) is 0 Å². The zero-order valence-electron chi connectivity index (χ0n) is 9.92. The maximum absolute atomic E-state index is 9.26. The van der Waals surface area contributed by atoms with Crippen LogP contribution in [0, 0.1) is 11.3 Å². The van der Waals surface area contributed by atoms with Crippen LogP contribution >= 0.6 is 15.9 Å². The summed E-state index contributed by atoms with van der Waals surface area (Å²) in [6.45, 7) is 3.69. The number of hydrogen-bond acceptors (Lipinski definition) is 2. The van der Waals surface area contributed by atoms with Crippen molar-refractivity contribution < 1.29 is 0 Å². The third kappa shape index (κ3) is 2.08. The first-order valence-corrected chi connectivity index (χ1v) is 6.36. The summed E-state index contributed by atoms with van der Waals surface area (Å²) in [6, 6.07) is 8.40. The maximum atomic E-state index is 9.26. The zero-order valence-corrected chi connectivity index (χ0v) is 11.5. The Kier molecular flexibility index (Phi) is 3.51. The first kappa shape index (κ1) is 12.2. The lowest BCUT2D eigenvalue weighted by atomic mass is 10.1. The summed E-state index contributed by atoms with van der Waals surface area (Å²) in [6.07, 6.45) is 0. The smallest absolute Gasteiger partial charge is 0.125 e. The van der Waals surface area contributed by atoms with Gasteiger partial charge in [-0.05, 0) is 24.7 Å². The average molecular weight is 292 g/mol. The molecule has 1 aromatic heterocycles. The van der Waals surface area contributed by atoms with Gasteiger partial charge in [0.1, 0.15) is 11.8 Å². The molecule has 1 N–H and O–H groups in total. The number of rotatable bonds is 3. The van der Waals surface area contributed by atoms with E-state index in [1.807, 2.05) is 23.7 Å². The van der Waals surface area contributed by atoms with E-state index in [1.165, 1.54) is 0 Å². The molecule has 88 valence electrons. The number of hydrogen-bond donors (Lipinski definition) is 1. The number of fused-ring (bicyclic) bond motifs is 1. The first-order chi connectivity index (χ1) is 8.19. The van der Waals surface area contributed by atoms with E-state index >= 15 is 0 Å². The Bertz CT molecular complexity index is 593. The number of halogens is 1. The fraction of sp³-hybridized carbons (Fsp3) is 0.308. The fourth-order valence-corrected chi connectivity index (χ4v) is 2.43. The summed E-state index contributed by atoms with van der Waals surface area (Å²) >= 11 is 3.48. The summed E-state index contributed by atoms with van der Waals surface area (Å²) in [7, 11) is 1.93. The van der Waals surface area contributed by atoms with Crippen molar-refractivity contribution in [1.29, 1.82) is 5.26 Å². The van der Waals surface area contributed by atoms with Crippen molar-refractivity contribution in [3.05, 3.63) is 33.9 Å². The molecule has 0 saturated heterocycles. The predicted molar refractivity (Wildman–Crippen MR) is 72.7 cm³/mol. The van der Waals surface area contributed by atoms with Gasteiger partial charge in [0.05, 0.1) is 0 Å². The normalized spacial score (nSPS) is 10.7. The lowest BCUT2D eigenvalue weighted by Gasteiger charge is -2.01. The lowest BCUT2D eigenvalue weighted by Crippen LogP contribution is -2.12. The highest BCUT2D eigenvalue weighted by Crippen LogP contribution is 2.27. The van der Waals surface area contributed by atoms with E-state index in [0.29, 0.717) is 0 Å². The molecule has 2 rings (SSSR count). The van der Waals surface area contributed by atoms with Crippen LogP contribution in [-0.4, -0.2) is 11.1 Å². The Morgan fingerprint density at radius 3 is 2.88 bits per heavy atom. The molecule has 0 fully saturated rings. The molecule has 0 unspecified atom stereocenters. The van der Waals surface area contributed by atoms with Crippen molar-refractivity contribution in [3.8, 4) is 6.07 Å². The molecule has 0 spiro atoms. The van der Waals surface area contributed by atoms with Crippen molar-refractivity contribution in [1.82, 2.24) is 9.88 Å². The quantitative estimate of drug-likeness (QED) is 0.945. The van der Waals surface area contributed by atoms with E-state index in [4.69, 9.17) is 0 Å². The second-order valence-electron chi connectivity index (χ2n) is 3.94. The summed E-state index contributed by atoms with van der Waals surface area (Å²) in [4.78, 5) is 0. The van der Waals surface area contributed by atoms with E-state index in [2.05, 4.69) is 40.3 Å². The van der Waals surface area contributed by atoms with Crippen LogP contribution in [0.2, 0.25) is 0 Å². The van der Waals surface area contributed by atoms with Gasteiger partial charge in [-0.25, -0.2) is 0 Å². The van der Waals surface area contributed by atoms with E-state index in [1.54, 1.807) is 0 Å². The van der Waals surface area contributed by atoms with Gasteiger partial charge in [-0.2, -0.15) is 5.26 Å². The molecule has 17 heavy (non-hydrogen) atoms. The molecule has 0 bridgehead atoms. The minimum atomic E-state index is 0.729. The van der Waals surface area contributed by atoms with Gasteiger partial charge in [0, 0.05) is 34.5 Å². The highest BCUT2D eigenvalue weighted by atomic mass is 79.9. The molecule has 1 aromatic carbocycles. The summed E-state index contributed by atoms with van der Waals surface area (Å²) in [5.74, 6) is 0. The van der Waals surface area contributed by atoms with Crippen molar-refractivity contribution in [3.63, 3.8) is 0 Å². The Labute approximate surface area is 109 Å². The second-order valence-corrected chi connectivity index (χ2v) is 4.86. The Balaban J connectivity index is 2.68. The molecule has 0 aliphatic rings. The molecule has 2 aromatic rings. The van der Waals surface area contributed by atoms with Crippen LogP contribution in [0.5, 0.6) is 0 Å². The standard InChI is InChI=1S/C13H14BrN3/c1-3-16-8-11-10-6-9(14)4-5-12(10)17(2)13(11)7-15/h4-6,16H,3,8H2,1-2H3. The van der Waals surface area contributed by atoms with Crippen LogP contribution < -0.4 is 5.32 Å². The van der Waals surface area contributed by atoms with Crippen LogP contribution in [0.15, 0.2) is 22.7 Å². The van der Waals surface area contributed by atoms with E-state index in [9.17, 15) is 5.26 Å². The number of nitrogens with one attached hydrogen (secondary N) is 1. The largest absolute Gasteiger partial charge is 0.335 e. The minimum absolute atomic E-state index is 0.729. The molecule has 0 aliphatic carbocycles. The molecular weight excluding hydrogens is 278 g/mol. The molecule has 0 amide bonds. The fourth-order valence-electron chi connectivity index (χ4n) is 2.06. The molecule has 0 atom stereocenters. The molecule has 0 radical (unpaired) electrons. The Hall–Kier alpha value is -1.31. The molecule has 0 aliphatic heterocycles. The number of aryl methyl sites for hydroxylation is 1. The number of nitriles is 1. The van der Waals surface area contributed by atoms with Crippen molar-refractivity contribution >= 4 is 26.8 Å². The van der Waals surface area contributed by atoms with E-state index < -0.39 is 0 Å². The lowest BCUT2D eigenvalue weighted by molar-refractivity contribution is 0.725. The molecule has 0 saturated carbocycles. The molecular formula is C13H14BrN3. The monoisotopic (exact) mass is 291 g/mol. The van der Waals surface area contributed by atoms with Crippen molar-refractivity contribution in [2.24, 2.45) is 7.05 Å². The van der Waals surface area contributed by atoms with Crippen molar-refractivity contribution in [2.45, 2.75) is 13.5 Å². The van der Waals surface area contributed by atoms with Crippen LogP contribution in [0.1, 0.15) is 18.2 Å². The summed E-state index contributed by atoms with van der Waals surface area (Å²) < 4.78 is 2.99. The van der Waals surface area contributed by atoms with Crippen LogP contribution in [0.25, 0.3) is 10.9 Å². The van der Waals surface area contributed by atoms with E-state index in [0.717, 1.165) is 39.7 Å². The highest BCUT2D eigenvalue weighted by Gasteiger charge is 2.14. The summed E-state index contributed by atoms with van der Waals surface area (Å²) in [5.41, 5.74) is 2.91. The van der Waals surface area contributed by atoms with Crippen LogP contribution in [-0.2, 0) is 13.6 Å². The molecule has 1 heterocycles. The predicted octanol–water partition coefficient (Wildman–Crippen LogP) is 2.92. The number of benzene rings is 1. The SMILES string of the molecule is CCNCc1c(C#N)n(C)c2ccc(Br)cc12. The molecule has 3 nitrogen and oxygen atoms in total. The van der Waals surface area contributed by atoms with Gasteiger partial charge in [0.2, 0.25) is 0 Å². The topological polar surface area (TPSA) is 40.8 Å². The number of aromatic nitrogens is 1. The van der Waals surface area contributed by atoms with Gasteiger partial charge >= 0.3 is 0 Å².